The fourth-order valence-corrected chi connectivity index (χ4v) is 11.6. The Morgan fingerprint density at radius 2 is 1.49 bits per heavy atom. The summed E-state index contributed by atoms with van der Waals surface area (Å²) in [5.41, 5.74) is 7.69. The van der Waals surface area contributed by atoms with Crippen LogP contribution in [-0.2, 0) is 48.0 Å². The molecule has 5 atom stereocenters. The third kappa shape index (κ3) is 12.5. The van der Waals surface area contributed by atoms with E-state index in [1.807, 2.05) is 125 Å². The van der Waals surface area contributed by atoms with Gasteiger partial charge in [0.05, 0.1) is 12.1 Å². The quantitative estimate of drug-likeness (QED) is 0.0608. The van der Waals surface area contributed by atoms with Crippen molar-refractivity contribution in [3.8, 4) is 11.1 Å². The molecule has 73 heavy (non-hydrogen) atoms. The number of aromatic nitrogens is 1. The molecule has 2 aliphatic heterocycles. The maximum absolute atomic E-state index is 15.5. The first-order chi connectivity index (χ1) is 35.2. The van der Waals surface area contributed by atoms with Crippen LogP contribution in [0.5, 0.6) is 0 Å². The highest BCUT2D eigenvalue weighted by Crippen LogP contribution is 2.49. The van der Waals surface area contributed by atoms with Gasteiger partial charge in [0.1, 0.15) is 24.5 Å². The number of nitrogens with one attached hydrogen (secondary N) is 2. The molecule has 2 saturated heterocycles. The lowest BCUT2D eigenvalue weighted by atomic mass is 9.90. The van der Waals surface area contributed by atoms with E-state index in [0.717, 1.165) is 34.2 Å². The molecule has 13 heteroatoms. The molecule has 0 radical (unpaired) electrons. The van der Waals surface area contributed by atoms with Gasteiger partial charge in [-0.05, 0) is 111 Å². The van der Waals surface area contributed by atoms with Gasteiger partial charge in [-0.1, -0.05) is 116 Å². The highest BCUT2D eigenvalue weighted by Gasteiger charge is 2.54. The molecule has 0 spiro atoms. The molecule has 2 fully saturated rings. The summed E-state index contributed by atoms with van der Waals surface area (Å²) in [7, 11) is 0. The van der Waals surface area contributed by atoms with E-state index >= 15 is 4.79 Å². The maximum atomic E-state index is 15.5. The largest absolute Gasteiger partial charge is 0.461 e. The van der Waals surface area contributed by atoms with Crippen LogP contribution in [-0.4, -0.2) is 112 Å². The summed E-state index contributed by atoms with van der Waals surface area (Å²) in [5, 5.41) is 6.12. The lowest BCUT2D eigenvalue weighted by molar-refractivity contribution is -0.159. The molecule has 9 rings (SSSR count). The standard InChI is InChI=1S/C60H72N6O7/c1-59(2,3)63-56(68)52-39-64(37-42-21-18-29-61-36-42)31-32-65(52)38-45(34-44(33-41-19-8-6-9-20-41)57(69)66-55-46-23-12-11-22-43(46)35-53(55)73-60(66,4)5)72-54(67)28-10-7-17-30-62-58(70)71-40-51-49-26-15-13-24-47(49)48-25-14-16-27-50(48)51/h6,8-9,11-16,18-27,29,36,44-45,51-53,55H,7,10,17,28,30-35,37-40H2,1-5H3,(H,62,70)(H,63,68)/t44-,45+,52+,53-,55+/m1/s1. The fourth-order valence-electron chi connectivity index (χ4n) is 11.6. The van der Waals surface area contributed by atoms with Crippen LogP contribution >= 0.6 is 0 Å². The van der Waals surface area contributed by atoms with E-state index in [2.05, 4.69) is 61.8 Å². The zero-order valence-corrected chi connectivity index (χ0v) is 43.1. The van der Waals surface area contributed by atoms with Crippen molar-refractivity contribution < 1.29 is 33.4 Å². The van der Waals surface area contributed by atoms with Crippen LogP contribution in [0.2, 0.25) is 0 Å². The van der Waals surface area contributed by atoms with Gasteiger partial charge in [-0.2, -0.15) is 0 Å². The average Bonchev–Trinajstić information content (AvgIpc) is 3.98. The normalized spacial score (nSPS) is 20.0. The minimum absolute atomic E-state index is 0.0218. The summed E-state index contributed by atoms with van der Waals surface area (Å²) >= 11 is 0. The molecule has 4 aromatic carbocycles. The van der Waals surface area contributed by atoms with Crippen molar-refractivity contribution in [3.05, 3.63) is 161 Å². The van der Waals surface area contributed by atoms with Crippen molar-refractivity contribution in [2.45, 2.75) is 128 Å². The van der Waals surface area contributed by atoms with E-state index < -0.39 is 35.4 Å². The third-order valence-electron chi connectivity index (χ3n) is 14.8. The number of piperazine rings is 1. The molecule has 384 valence electrons. The zero-order chi connectivity index (χ0) is 51.1. The number of carbonyl (C=O) groups excluding carboxylic acids is 4. The Hall–Kier alpha value is -6.41. The molecule has 0 unspecified atom stereocenters. The minimum atomic E-state index is -0.873. The number of fused-ring (bicyclic) bond motifs is 6. The minimum Gasteiger partial charge on any atom is -0.461 e. The van der Waals surface area contributed by atoms with Crippen LogP contribution in [0.25, 0.3) is 11.1 Å². The maximum Gasteiger partial charge on any atom is 0.407 e. The number of hydrogen-bond acceptors (Lipinski definition) is 10. The highest BCUT2D eigenvalue weighted by molar-refractivity contribution is 5.83. The van der Waals surface area contributed by atoms with E-state index in [4.69, 9.17) is 14.2 Å². The lowest BCUT2D eigenvalue weighted by Crippen LogP contribution is -2.62. The summed E-state index contributed by atoms with van der Waals surface area (Å²) in [6.45, 7) is 13.1. The van der Waals surface area contributed by atoms with E-state index in [-0.39, 0.29) is 61.8 Å². The van der Waals surface area contributed by atoms with Crippen LogP contribution in [0.3, 0.4) is 0 Å². The molecule has 1 aromatic heterocycles. The second-order valence-electron chi connectivity index (χ2n) is 21.8. The Labute approximate surface area is 431 Å². The van der Waals surface area contributed by atoms with Gasteiger partial charge in [0, 0.05) is 81.9 Å². The van der Waals surface area contributed by atoms with Crippen molar-refractivity contribution in [2.75, 3.05) is 39.3 Å². The molecule has 0 bridgehead atoms. The van der Waals surface area contributed by atoms with E-state index in [9.17, 15) is 14.4 Å². The molecule has 2 N–H and O–H groups in total. The van der Waals surface area contributed by atoms with Crippen LogP contribution in [0.4, 0.5) is 4.79 Å². The molecule has 4 aliphatic rings. The van der Waals surface area contributed by atoms with Gasteiger partial charge in [-0.15, -0.1) is 0 Å². The molecular weight excluding hydrogens is 917 g/mol. The number of carbonyl (C=O) groups is 4. The SMILES string of the molecule is CC(C)(C)NC(=O)[C@@H]1CN(Cc2cccnc2)CCN1C[C@H](C[C@@H](Cc1ccccc1)C(=O)N1[C@H]2c3ccccc3C[C@H]2OC1(C)C)OC(=O)CCCCCNC(=O)OCC1c2ccccc2-c2ccccc21. The van der Waals surface area contributed by atoms with E-state index in [1.165, 1.54) is 16.7 Å². The first kappa shape index (κ1) is 51.5. The van der Waals surface area contributed by atoms with Crippen LogP contribution in [0.15, 0.2) is 128 Å². The summed E-state index contributed by atoms with van der Waals surface area (Å²) in [6.07, 6.45) is 5.73. The molecule has 3 amide bonds. The predicted octanol–water partition coefficient (Wildman–Crippen LogP) is 9.00. The number of rotatable bonds is 19. The molecule has 0 saturated carbocycles. The number of unbranched alkanes of at least 4 members (excludes halogenated alkanes) is 2. The van der Waals surface area contributed by atoms with Crippen molar-refractivity contribution in [1.82, 2.24) is 30.3 Å². The monoisotopic (exact) mass is 989 g/mol. The Bertz CT molecular complexity index is 2660. The van der Waals surface area contributed by atoms with Gasteiger partial charge in [0.15, 0.2) is 0 Å². The van der Waals surface area contributed by atoms with Gasteiger partial charge < -0.3 is 29.7 Å². The molecule has 13 nitrogen and oxygen atoms in total. The molecular formula is C60H72N6O7. The number of amides is 3. The van der Waals surface area contributed by atoms with Gasteiger partial charge in [0.25, 0.3) is 0 Å². The van der Waals surface area contributed by atoms with Crippen molar-refractivity contribution in [3.63, 3.8) is 0 Å². The summed E-state index contributed by atoms with van der Waals surface area (Å²) in [6, 6.07) is 38.0. The van der Waals surface area contributed by atoms with Gasteiger partial charge in [-0.25, -0.2) is 4.79 Å². The molecule has 5 aromatic rings. The van der Waals surface area contributed by atoms with Crippen LogP contribution < -0.4 is 10.6 Å². The number of benzene rings is 4. The Morgan fingerprint density at radius 1 is 0.808 bits per heavy atom. The van der Waals surface area contributed by atoms with E-state index in [0.29, 0.717) is 58.4 Å². The summed E-state index contributed by atoms with van der Waals surface area (Å²) in [5.74, 6) is -1.11. The van der Waals surface area contributed by atoms with Crippen molar-refractivity contribution >= 4 is 23.9 Å². The van der Waals surface area contributed by atoms with E-state index in [1.54, 1.807) is 6.20 Å². The van der Waals surface area contributed by atoms with Gasteiger partial charge in [0.2, 0.25) is 11.8 Å². The first-order valence-electron chi connectivity index (χ1n) is 26.3. The van der Waals surface area contributed by atoms with Crippen LogP contribution in [0, 0.1) is 5.92 Å². The number of esters is 1. The summed E-state index contributed by atoms with van der Waals surface area (Å²) in [4.78, 5) is 67.4. The Balaban J connectivity index is 0.883. The van der Waals surface area contributed by atoms with Gasteiger partial charge >= 0.3 is 12.1 Å². The van der Waals surface area contributed by atoms with Crippen molar-refractivity contribution in [2.24, 2.45) is 5.92 Å². The topological polar surface area (TPSA) is 143 Å². The molecule has 2 aliphatic carbocycles. The number of hydrogen-bond donors (Lipinski definition) is 2. The highest BCUT2D eigenvalue weighted by atomic mass is 16.6. The Kier molecular flexibility index (Phi) is 16.1. The zero-order valence-electron chi connectivity index (χ0n) is 43.1. The second-order valence-corrected chi connectivity index (χ2v) is 21.8. The number of nitrogens with zero attached hydrogens (tertiary/aromatic N) is 4. The molecule has 3 heterocycles. The number of alkyl carbamates (subject to hydrolysis) is 1. The fraction of sp³-hybridized carbons (Fsp3) is 0.450. The second kappa shape index (κ2) is 22.8. The predicted molar refractivity (Wildman–Crippen MR) is 281 cm³/mol. The lowest BCUT2D eigenvalue weighted by Gasteiger charge is -2.43. The smallest absolute Gasteiger partial charge is 0.407 e. The number of ether oxygens (including phenoxy) is 3. The summed E-state index contributed by atoms with van der Waals surface area (Å²) < 4.78 is 19.0. The van der Waals surface area contributed by atoms with Gasteiger partial charge in [-0.3, -0.25) is 29.2 Å². The number of pyridine rings is 1. The average molecular weight is 989 g/mol. The van der Waals surface area contributed by atoms with Crippen molar-refractivity contribution in [1.29, 1.82) is 0 Å². The first-order valence-corrected chi connectivity index (χ1v) is 26.3. The Morgan fingerprint density at radius 3 is 2.21 bits per heavy atom. The van der Waals surface area contributed by atoms with Crippen LogP contribution in [0.1, 0.15) is 112 Å². The third-order valence-corrected chi connectivity index (χ3v) is 14.8.